The smallest absolute Gasteiger partial charge is 0.152 e. The van der Waals surface area contributed by atoms with Gasteiger partial charge in [-0.1, -0.05) is 35.3 Å². The minimum Gasteiger partial charge on any atom is -0.378 e. The van der Waals surface area contributed by atoms with Crippen molar-refractivity contribution >= 4 is 28.9 Å². The van der Waals surface area contributed by atoms with E-state index in [2.05, 4.69) is 10.3 Å². The van der Waals surface area contributed by atoms with Crippen LogP contribution in [0.3, 0.4) is 0 Å². The SMILES string of the molecule is Clc1cccc(CNc2cccnc2Cl)c1. The van der Waals surface area contributed by atoms with E-state index in [9.17, 15) is 0 Å². The molecule has 16 heavy (non-hydrogen) atoms. The Labute approximate surface area is 104 Å². The Bertz CT molecular complexity index is 486. The zero-order valence-corrected chi connectivity index (χ0v) is 9.96. The Morgan fingerprint density at radius 3 is 2.75 bits per heavy atom. The second-order valence-corrected chi connectivity index (χ2v) is 4.12. The van der Waals surface area contributed by atoms with Gasteiger partial charge in [-0.05, 0) is 29.8 Å². The number of rotatable bonds is 3. The number of pyridine rings is 1. The van der Waals surface area contributed by atoms with E-state index in [-0.39, 0.29) is 0 Å². The summed E-state index contributed by atoms with van der Waals surface area (Å²) in [5.74, 6) is 0. The van der Waals surface area contributed by atoms with Gasteiger partial charge < -0.3 is 5.32 Å². The maximum absolute atomic E-state index is 5.92. The topological polar surface area (TPSA) is 24.9 Å². The fourth-order valence-electron chi connectivity index (χ4n) is 1.36. The Morgan fingerprint density at radius 2 is 2.00 bits per heavy atom. The molecule has 0 aliphatic heterocycles. The molecule has 0 fully saturated rings. The first-order valence-corrected chi connectivity index (χ1v) is 5.60. The highest BCUT2D eigenvalue weighted by Gasteiger charge is 1.99. The highest BCUT2D eigenvalue weighted by Crippen LogP contribution is 2.19. The van der Waals surface area contributed by atoms with Crippen molar-refractivity contribution in [1.29, 1.82) is 0 Å². The van der Waals surface area contributed by atoms with Crippen LogP contribution >= 0.6 is 23.2 Å². The third-order valence-electron chi connectivity index (χ3n) is 2.13. The molecule has 1 N–H and O–H groups in total. The zero-order valence-electron chi connectivity index (χ0n) is 8.45. The number of aromatic nitrogens is 1. The molecule has 0 radical (unpaired) electrons. The van der Waals surface area contributed by atoms with Gasteiger partial charge in [0.1, 0.15) is 0 Å². The monoisotopic (exact) mass is 252 g/mol. The lowest BCUT2D eigenvalue weighted by atomic mass is 10.2. The average molecular weight is 253 g/mol. The molecule has 2 aromatic rings. The second-order valence-electron chi connectivity index (χ2n) is 3.33. The Morgan fingerprint density at radius 1 is 1.12 bits per heavy atom. The summed E-state index contributed by atoms with van der Waals surface area (Å²) in [7, 11) is 0. The average Bonchev–Trinajstić information content (AvgIpc) is 2.28. The number of nitrogens with one attached hydrogen (secondary N) is 1. The first-order valence-electron chi connectivity index (χ1n) is 4.84. The van der Waals surface area contributed by atoms with Crippen LogP contribution in [0.1, 0.15) is 5.56 Å². The fourth-order valence-corrected chi connectivity index (χ4v) is 1.76. The molecule has 0 aliphatic carbocycles. The van der Waals surface area contributed by atoms with Crippen LogP contribution in [0.5, 0.6) is 0 Å². The molecule has 1 heterocycles. The minimum atomic E-state index is 0.476. The largest absolute Gasteiger partial charge is 0.378 e. The van der Waals surface area contributed by atoms with Gasteiger partial charge in [-0.2, -0.15) is 0 Å². The predicted molar refractivity (Wildman–Crippen MR) is 68.0 cm³/mol. The van der Waals surface area contributed by atoms with E-state index in [1.807, 2.05) is 36.4 Å². The van der Waals surface area contributed by atoms with Crippen LogP contribution in [0.15, 0.2) is 42.6 Å². The molecule has 0 amide bonds. The lowest BCUT2D eigenvalue weighted by molar-refractivity contribution is 1.14. The summed E-state index contributed by atoms with van der Waals surface area (Å²) >= 11 is 11.8. The van der Waals surface area contributed by atoms with Crippen molar-refractivity contribution < 1.29 is 0 Å². The minimum absolute atomic E-state index is 0.476. The van der Waals surface area contributed by atoms with E-state index in [4.69, 9.17) is 23.2 Å². The Kier molecular flexibility index (Phi) is 3.65. The molecule has 0 saturated carbocycles. The normalized spacial score (nSPS) is 10.1. The molecule has 2 rings (SSSR count). The van der Waals surface area contributed by atoms with Crippen LogP contribution in [0.2, 0.25) is 10.2 Å². The standard InChI is InChI=1S/C12H10Cl2N2/c13-10-4-1-3-9(7-10)8-16-11-5-2-6-15-12(11)14/h1-7,16H,8H2. The van der Waals surface area contributed by atoms with Crippen LogP contribution in [0.25, 0.3) is 0 Å². The number of benzene rings is 1. The van der Waals surface area contributed by atoms with Gasteiger partial charge in [-0.3, -0.25) is 0 Å². The van der Waals surface area contributed by atoms with Crippen molar-refractivity contribution in [3.05, 3.63) is 58.3 Å². The van der Waals surface area contributed by atoms with Crippen molar-refractivity contribution in [3.8, 4) is 0 Å². The third-order valence-corrected chi connectivity index (χ3v) is 2.67. The third kappa shape index (κ3) is 2.87. The molecule has 0 atom stereocenters. The first-order chi connectivity index (χ1) is 7.75. The molecule has 1 aromatic heterocycles. The van der Waals surface area contributed by atoms with Crippen molar-refractivity contribution in [2.75, 3.05) is 5.32 Å². The summed E-state index contributed by atoms with van der Waals surface area (Å²) in [6.07, 6.45) is 1.66. The van der Waals surface area contributed by atoms with E-state index >= 15 is 0 Å². The first kappa shape index (κ1) is 11.2. The van der Waals surface area contributed by atoms with Crippen molar-refractivity contribution in [2.45, 2.75) is 6.54 Å². The number of anilines is 1. The highest BCUT2D eigenvalue weighted by atomic mass is 35.5. The maximum atomic E-state index is 5.92. The van der Waals surface area contributed by atoms with Crippen LogP contribution < -0.4 is 5.32 Å². The molecule has 0 aliphatic rings. The Hall–Kier alpha value is -1.25. The quantitative estimate of drug-likeness (QED) is 0.836. The van der Waals surface area contributed by atoms with Crippen molar-refractivity contribution in [3.63, 3.8) is 0 Å². The highest BCUT2D eigenvalue weighted by molar-refractivity contribution is 6.32. The van der Waals surface area contributed by atoms with Crippen LogP contribution in [-0.2, 0) is 6.54 Å². The van der Waals surface area contributed by atoms with Gasteiger partial charge >= 0.3 is 0 Å². The summed E-state index contributed by atoms with van der Waals surface area (Å²) in [6, 6.07) is 11.4. The number of halogens is 2. The molecule has 1 aromatic carbocycles. The lowest BCUT2D eigenvalue weighted by Gasteiger charge is -2.07. The fraction of sp³-hybridized carbons (Fsp3) is 0.0833. The van der Waals surface area contributed by atoms with Crippen molar-refractivity contribution in [2.24, 2.45) is 0 Å². The summed E-state index contributed by atoms with van der Waals surface area (Å²) in [4.78, 5) is 3.99. The van der Waals surface area contributed by atoms with E-state index in [0.717, 1.165) is 16.3 Å². The van der Waals surface area contributed by atoms with Gasteiger partial charge in [0.05, 0.1) is 5.69 Å². The number of hydrogen-bond acceptors (Lipinski definition) is 2. The molecule has 0 unspecified atom stereocenters. The summed E-state index contributed by atoms with van der Waals surface area (Å²) in [6.45, 7) is 0.673. The molecule has 2 nitrogen and oxygen atoms in total. The zero-order chi connectivity index (χ0) is 11.4. The van der Waals surface area contributed by atoms with Gasteiger partial charge in [-0.15, -0.1) is 0 Å². The molecule has 0 saturated heterocycles. The molecule has 0 bridgehead atoms. The van der Waals surface area contributed by atoms with E-state index < -0.39 is 0 Å². The van der Waals surface area contributed by atoms with Gasteiger partial charge in [0, 0.05) is 17.8 Å². The summed E-state index contributed by atoms with van der Waals surface area (Å²) < 4.78 is 0. The van der Waals surface area contributed by atoms with Gasteiger partial charge in [-0.25, -0.2) is 4.98 Å². The molecular weight excluding hydrogens is 243 g/mol. The van der Waals surface area contributed by atoms with Crippen LogP contribution in [-0.4, -0.2) is 4.98 Å². The summed E-state index contributed by atoms with van der Waals surface area (Å²) in [5, 5.41) is 4.41. The number of hydrogen-bond donors (Lipinski definition) is 1. The van der Waals surface area contributed by atoms with Gasteiger partial charge in [0.15, 0.2) is 5.15 Å². The van der Waals surface area contributed by atoms with Crippen molar-refractivity contribution in [1.82, 2.24) is 4.98 Å². The molecule has 0 spiro atoms. The number of nitrogens with zero attached hydrogens (tertiary/aromatic N) is 1. The van der Waals surface area contributed by atoms with E-state index in [0.29, 0.717) is 11.7 Å². The van der Waals surface area contributed by atoms with Crippen LogP contribution in [0, 0.1) is 0 Å². The molecular formula is C12H10Cl2N2. The lowest BCUT2D eigenvalue weighted by Crippen LogP contribution is -2.00. The van der Waals surface area contributed by atoms with Gasteiger partial charge in [0.25, 0.3) is 0 Å². The van der Waals surface area contributed by atoms with Crippen LogP contribution in [0.4, 0.5) is 5.69 Å². The summed E-state index contributed by atoms with van der Waals surface area (Å²) in [5.41, 5.74) is 1.93. The van der Waals surface area contributed by atoms with E-state index in [1.54, 1.807) is 6.20 Å². The maximum Gasteiger partial charge on any atom is 0.152 e. The predicted octanol–water partition coefficient (Wildman–Crippen LogP) is 4.00. The van der Waals surface area contributed by atoms with E-state index in [1.165, 1.54) is 0 Å². The van der Waals surface area contributed by atoms with Gasteiger partial charge in [0.2, 0.25) is 0 Å². The second kappa shape index (κ2) is 5.19. The molecule has 4 heteroatoms. The Balaban J connectivity index is 2.05. The molecule has 82 valence electrons.